The maximum atomic E-state index is 12.7. The van der Waals surface area contributed by atoms with Gasteiger partial charge >= 0.3 is 11.9 Å². The molecule has 0 fully saturated rings. The fourth-order valence-corrected chi connectivity index (χ4v) is 10.3. The average molecular weight is 946 g/mol. The molecule has 0 aromatic carbocycles. The Labute approximate surface area is 422 Å². The molecule has 0 aliphatic heterocycles. The monoisotopic (exact) mass is 945 g/mol. The van der Waals surface area contributed by atoms with Gasteiger partial charge in [0.05, 0.1) is 13.2 Å². The van der Waals surface area contributed by atoms with Crippen molar-refractivity contribution in [3.63, 3.8) is 0 Å². The maximum absolute atomic E-state index is 12.7. The van der Waals surface area contributed by atoms with Crippen LogP contribution in [-0.4, -0.2) is 25.2 Å². The summed E-state index contributed by atoms with van der Waals surface area (Å²) in [4.78, 5) is 25.4. The zero-order valence-corrected chi connectivity index (χ0v) is 46.7. The summed E-state index contributed by atoms with van der Waals surface area (Å²) in [5.74, 6) is 1.18. The molecule has 0 saturated heterocycles. The van der Waals surface area contributed by atoms with Gasteiger partial charge in [0, 0.05) is 12.8 Å². The summed E-state index contributed by atoms with van der Waals surface area (Å²) < 4.78 is 11.8. The Morgan fingerprint density at radius 2 is 0.403 bits per heavy atom. The van der Waals surface area contributed by atoms with Gasteiger partial charge in [-0.05, 0) is 50.4 Å². The van der Waals surface area contributed by atoms with Crippen molar-refractivity contribution in [2.75, 3.05) is 13.2 Å². The standard InChI is InChI=1S/C63H124O4/c1-5-9-13-17-21-25-30-36-42-48-54-60(52-46-40-34-23-19-15-11-7-3)58-66-62(64)56-50-44-38-32-28-27-29-33-39-45-51-57-63(65)67-59-61(53-47-41-35-24-20-16-12-8-4)55-49-43-37-31-26-22-18-14-10-6-2/h60-61H,5-59H2,1-4H3. The lowest BCUT2D eigenvalue weighted by Gasteiger charge is -2.17. The zero-order chi connectivity index (χ0) is 48.6. The summed E-state index contributed by atoms with van der Waals surface area (Å²) in [6.07, 6.45) is 68.6. The van der Waals surface area contributed by atoms with Crippen LogP contribution in [0.1, 0.15) is 368 Å². The number of hydrogen-bond donors (Lipinski definition) is 0. The zero-order valence-electron chi connectivity index (χ0n) is 46.7. The van der Waals surface area contributed by atoms with E-state index in [-0.39, 0.29) is 11.9 Å². The molecule has 0 aromatic heterocycles. The maximum Gasteiger partial charge on any atom is 0.305 e. The topological polar surface area (TPSA) is 52.6 Å². The second kappa shape index (κ2) is 57.5. The van der Waals surface area contributed by atoms with E-state index in [0.29, 0.717) is 37.9 Å². The van der Waals surface area contributed by atoms with Crippen molar-refractivity contribution < 1.29 is 19.1 Å². The minimum absolute atomic E-state index is 0.0372. The molecule has 67 heavy (non-hydrogen) atoms. The van der Waals surface area contributed by atoms with Crippen molar-refractivity contribution in [3.8, 4) is 0 Å². The van der Waals surface area contributed by atoms with Crippen LogP contribution < -0.4 is 0 Å². The fraction of sp³-hybridized carbons (Fsp3) is 0.968. The summed E-state index contributed by atoms with van der Waals surface area (Å²) in [7, 11) is 0. The van der Waals surface area contributed by atoms with Gasteiger partial charge in [0.2, 0.25) is 0 Å². The van der Waals surface area contributed by atoms with E-state index in [1.165, 1.54) is 302 Å². The van der Waals surface area contributed by atoms with Gasteiger partial charge in [-0.2, -0.15) is 0 Å². The quantitative estimate of drug-likeness (QED) is 0.0450. The van der Waals surface area contributed by atoms with E-state index in [4.69, 9.17) is 9.47 Å². The first-order valence-electron chi connectivity index (χ1n) is 31.4. The van der Waals surface area contributed by atoms with E-state index in [9.17, 15) is 9.59 Å². The number of rotatable bonds is 58. The Bertz CT molecular complexity index is 874. The highest BCUT2D eigenvalue weighted by atomic mass is 16.5. The van der Waals surface area contributed by atoms with E-state index in [0.717, 1.165) is 25.7 Å². The van der Waals surface area contributed by atoms with Crippen molar-refractivity contribution in [3.05, 3.63) is 0 Å². The van der Waals surface area contributed by atoms with Crippen molar-refractivity contribution in [2.45, 2.75) is 368 Å². The highest BCUT2D eigenvalue weighted by Crippen LogP contribution is 2.23. The summed E-state index contributed by atoms with van der Waals surface area (Å²) in [5.41, 5.74) is 0. The highest BCUT2D eigenvalue weighted by Gasteiger charge is 2.14. The molecular formula is C63H124O4. The van der Waals surface area contributed by atoms with Crippen molar-refractivity contribution in [1.82, 2.24) is 0 Å². The number of hydrogen-bond acceptors (Lipinski definition) is 4. The molecule has 400 valence electrons. The first kappa shape index (κ1) is 65.9. The van der Waals surface area contributed by atoms with Crippen LogP contribution in [-0.2, 0) is 19.1 Å². The highest BCUT2D eigenvalue weighted by molar-refractivity contribution is 5.69. The summed E-state index contributed by atoms with van der Waals surface area (Å²) in [5, 5.41) is 0. The predicted octanol–water partition coefficient (Wildman–Crippen LogP) is 22.1. The fourth-order valence-electron chi connectivity index (χ4n) is 10.3. The van der Waals surface area contributed by atoms with Gasteiger partial charge in [0.25, 0.3) is 0 Å². The molecule has 0 rings (SSSR count). The van der Waals surface area contributed by atoms with E-state index in [2.05, 4.69) is 27.7 Å². The Morgan fingerprint density at radius 3 is 0.597 bits per heavy atom. The lowest BCUT2D eigenvalue weighted by molar-refractivity contribution is -0.146. The number of unbranched alkanes of at least 4 members (excludes halogenated alkanes) is 42. The van der Waals surface area contributed by atoms with Crippen molar-refractivity contribution >= 4 is 11.9 Å². The second-order valence-corrected chi connectivity index (χ2v) is 22.0. The third kappa shape index (κ3) is 54.1. The van der Waals surface area contributed by atoms with Crippen LogP contribution >= 0.6 is 0 Å². The third-order valence-corrected chi connectivity index (χ3v) is 15.1. The molecule has 0 heterocycles. The Morgan fingerprint density at radius 1 is 0.239 bits per heavy atom. The first-order chi connectivity index (χ1) is 33.1. The average Bonchev–Trinajstić information content (AvgIpc) is 3.33. The van der Waals surface area contributed by atoms with E-state index in [1.54, 1.807) is 0 Å². The summed E-state index contributed by atoms with van der Waals surface area (Å²) >= 11 is 0. The number of ether oxygens (including phenoxy) is 2. The van der Waals surface area contributed by atoms with Crippen LogP contribution in [0.25, 0.3) is 0 Å². The summed E-state index contributed by atoms with van der Waals surface area (Å²) in [6.45, 7) is 10.5. The second-order valence-electron chi connectivity index (χ2n) is 22.0. The van der Waals surface area contributed by atoms with Gasteiger partial charge in [-0.3, -0.25) is 9.59 Å². The molecule has 0 aliphatic carbocycles. The first-order valence-corrected chi connectivity index (χ1v) is 31.4. The molecule has 0 saturated carbocycles. The molecule has 0 N–H and O–H groups in total. The molecule has 0 bridgehead atoms. The van der Waals surface area contributed by atoms with Crippen LogP contribution in [0.3, 0.4) is 0 Å². The minimum Gasteiger partial charge on any atom is -0.465 e. The van der Waals surface area contributed by atoms with Crippen LogP contribution in [0.2, 0.25) is 0 Å². The normalized spacial score (nSPS) is 12.5. The lowest BCUT2D eigenvalue weighted by atomic mass is 9.94. The van der Waals surface area contributed by atoms with Gasteiger partial charge in [0.15, 0.2) is 0 Å². The van der Waals surface area contributed by atoms with Crippen molar-refractivity contribution in [2.24, 2.45) is 11.8 Å². The molecule has 0 aromatic rings. The minimum atomic E-state index is 0.0372. The van der Waals surface area contributed by atoms with Gasteiger partial charge in [0.1, 0.15) is 0 Å². The van der Waals surface area contributed by atoms with Gasteiger partial charge in [-0.15, -0.1) is 0 Å². The smallest absolute Gasteiger partial charge is 0.305 e. The van der Waals surface area contributed by atoms with E-state index < -0.39 is 0 Å². The molecule has 0 spiro atoms. The van der Waals surface area contributed by atoms with Gasteiger partial charge in [-0.1, -0.05) is 317 Å². The Balaban J connectivity index is 4.10. The lowest BCUT2D eigenvalue weighted by Crippen LogP contribution is -2.14. The molecule has 4 nitrogen and oxygen atoms in total. The number of carbonyl (C=O) groups is 2. The Hall–Kier alpha value is -1.06. The van der Waals surface area contributed by atoms with Gasteiger partial charge < -0.3 is 9.47 Å². The van der Waals surface area contributed by atoms with E-state index in [1.807, 2.05) is 0 Å². The third-order valence-electron chi connectivity index (χ3n) is 15.1. The largest absolute Gasteiger partial charge is 0.465 e. The van der Waals surface area contributed by atoms with E-state index >= 15 is 0 Å². The molecular weight excluding hydrogens is 821 g/mol. The molecule has 0 amide bonds. The van der Waals surface area contributed by atoms with Crippen LogP contribution in [0.5, 0.6) is 0 Å². The number of esters is 2. The molecule has 4 heteroatoms. The van der Waals surface area contributed by atoms with Crippen molar-refractivity contribution in [1.29, 1.82) is 0 Å². The summed E-state index contributed by atoms with van der Waals surface area (Å²) in [6, 6.07) is 0. The number of carbonyl (C=O) groups excluding carboxylic acids is 2. The molecule has 0 radical (unpaired) electrons. The molecule has 2 unspecified atom stereocenters. The van der Waals surface area contributed by atoms with Crippen LogP contribution in [0.15, 0.2) is 0 Å². The molecule has 2 atom stereocenters. The molecule has 0 aliphatic rings. The predicted molar refractivity (Wildman–Crippen MR) is 296 cm³/mol. The van der Waals surface area contributed by atoms with Crippen LogP contribution in [0.4, 0.5) is 0 Å². The Kier molecular flexibility index (Phi) is 56.6. The van der Waals surface area contributed by atoms with Crippen LogP contribution in [0, 0.1) is 11.8 Å². The van der Waals surface area contributed by atoms with Gasteiger partial charge in [-0.25, -0.2) is 0 Å². The SMILES string of the molecule is CCCCCCCCCCCCC(CCCCCCCCCC)COC(=O)CCCCCCCCCCCCCC(=O)OCC(CCCCCCCCCC)CCCCCCCCCCCC.